The lowest BCUT2D eigenvalue weighted by atomic mass is 9.91. The molecule has 1 saturated heterocycles. The maximum absolute atomic E-state index is 13.1. The number of carbonyl (C=O) groups excluding carboxylic acids is 2. The SMILES string of the molecule is Cc1cc(C)n(-c2ccc(CN3C(=O)NC(C)(c4ccc(C#N)cc4)C3=O)cc2)n1. The standard InChI is InChI=1S/C23H21N5O2/c1-15-12-16(2)28(26-15)20-10-6-18(7-11-20)14-27-21(29)23(3,25-22(27)30)19-8-4-17(13-24)5-9-19/h4-12H,14H2,1-3H3,(H,25,30). The zero-order chi connectivity index (χ0) is 21.5. The lowest BCUT2D eigenvalue weighted by Gasteiger charge is -2.22. The molecule has 0 bridgehead atoms. The maximum atomic E-state index is 13.1. The smallest absolute Gasteiger partial charge is 0.319 e. The van der Waals surface area contributed by atoms with Crippen molar-refractivity contribution in [2.45, 2.75) is 32.9 Å². The van der Waals surface area contributed by atoms with E-state index in [9.17, 15) is 9.59 Å². The van der Waals surface area contributed by atoms with Gasteiger partial charge in [-0.25, -0.2) is 9.48 Å². The molecule has 0 radical (unpaired) electrons. The van der Waals surface area contributed by atoms with Crippen molar-refractivity contribution in [3.05, 3.63) is 82.7 Å². The number of benzene rings is 2. The fourth-order valence-electron chi connectivity index (χ4n) is 3.73. The number of imide groups is 1. The third-order valence-electron chi connectivity index (χ3n) is 5.40. The second-order valence-corrected chi connectivity index (χ2v) is 7.64. The van der Waals surface area contributed by atoms with Crippen molar-refractivity contribution in [2.24, 2.45) is 0 Å². The molecule has 1 N–H and O–H groups in total. The first kappa shape index (κ1) is 19.4. The lowest BCUT2D eigenvalue weighted by molar-refractivity contribution is -0.131. The highest BCUT2D eigenvalue weighted by molar-refractivity contribution is 6.07. The zero-order valence-corrected chi connectivity index (χ0v) is 17.0. The molecule has 1 aliphatic heterocycles. The van der Waals surface area contributed by atoms with E-state index >= 15 is 0 Å². The van der Waals surface area contributed by atoms with Gasteiger partial charge in [0.1, 0.15) is 5.54 Å². The van der Waals surface area contributed by atoms with E-state index in [2.05, 4.69) is 16.5 Å². The Labute approximate surface area is 174 Å². The summed E-state index contributed by atoms with van der Waals surface area (Å²) in [4.78, 5) is 26.9. The summed E-state index contributed by atoms with van der Waals surface area (Å²) in [6.45, 7) is 5.79. The number of aryl methyl sites for hydroxylation is 2. The molecule has 1 aromatic heterocycles. The van der Waals surface area contributed by atoms with Gasteiger partial charge in [-0.1, -0.05) is 24.3 Å². The number of nitrogens with zero attached hydrogens (tertiary/aromatic N) is 4. The number of nitrogens with one attached hydrogen (secondary N) is 1. The minimum absolute atomic E-state index is 0.175. The predicted octanol–water partition coefficient (Wildman–Crippen LogP) is 3.33. The number of rotatable bonds is 4. The summed E-state index contributed by atoms with van der Waals surface area (Å²) < 4.78 is 1.86. The molecule has 3 amide bonds. The van der Waals surface area contributed by atoms with Gasteiger partial charge >= 0.3 is 6.03 Å². The number of nitriles is 1. The Morgan fingerprint density at radius 2 is 1.73 bits per heavy atom. The van der Waals surface area contributed by atoms with Crippen molar-refractivity contribution in [2.75, 3.05) is 0 Å². The third-order valence-corrected chi connectivity index (χ3v) is 5.40. The van der Waals surface area contributed by atoms with Crippen molar-refractivity contribution < 1.29 is 9.59 Å². The maximum Gasteiger partial charge on any atom is 0.325 e. The first-order valence-electron chi connectivity index (χ1n) is 9.59. The second kappa shape index (κ2) is 7.16. The van der Waals surface area contributed by atoms with Gasteiger partial charge in [-0.3, -0.25) is 9.69 Å². The van der Waals surface area contributed by atoms with Crippen LogP contribution in [0.15, 0.2) is 54.6 Å². The average Bonchev–Trinajstić information content (AvgIpc) is 3.19. The summed E-state index contributed by atoms with van der Waals surface area (Å²) in [5.41, 5.74) is 3.72. The van der Waals surface area contributed by atoms with Crippen LogP contribution in [-0.2, 0) is 16.9 Å². The van der Waals surface area contributed by atoms with Gasteiger partial charge in [0.25, 0.3) is 5.91 Å². The number of urea groups is 1. The molecule has 1 atom stereocenters. The first-order chi connectivity index (χ1) is 14.3. The van der Waals surface area contributed by atoms with E-state index in [0.717, 1.165) is 22.6 Å². The normalized spacial score (nSPS) is 18.4. The molecule has 0 spiro atoms. The Kier molecular flexibility index (Phi) is 4.63. The number of hydrogen-bond donors (Lipinski definition) is 1. The van der Waals surface area contributed by atoms with Crippen molar-refractivity contribution in [3.63, 3.8) is 0 Å². The molecule has 0 aliphatic carbocycles. The van der Waals surface area contributed by atoms with E-state index in [4.69, 9.17) is 5.26 Å². The molecule has 1 unspecified atom stereocenters. The summed E-state index contributed by atoms with van der Waals surface area (Å²) in [5.74, 6) is -0.320. The van der Waals surface area contributed by atoms with Crippen molar-refractivity contribution in [1.29, 1.82) is 5.26 Å². The van der Waals surface area contributed by atoms with Crippen LogP contribution in [0.2, 0.25) is 0 Å². The van der Waals surface area contributed by atoms with E-state index < -0.39 is 11.6 Å². The number of hydrogen-bond acceptors (Lipinski definition) is 4. The quantitative estimate of drug-likeness (QED) is 0.681. The third kappa shape index (κ3) is 3.22. The molecular weight excluding hydrogens is 378 g/mol. The van der Waals surface area contributed by atoms with Crippen LogP contribution in [0.3, 0.4) is 0 Å². The molecule has 7 heteroatoms. The van der Waals surface area contributed by atoms with Crippen molar-refractivity contribution >= 4 is 11.9 Å². The van der Waals surface area contributed by atoms with Gasteiger partial charge in [-0.2, -0.15) is 10.4 Å². The molecule has 2 heterocycles. The molecule has 1 fully saturated rings. The average molecular weight is 399 g/mol. The Morgan fingerprint density at radius 3 is 2.30 bits per heavy atom. The lowest BCUT2D eigenvalue weighted by Crippen LogP contribution is -2.40. The molecule has 4 rings (SSSR count). The van der Waals surface area contributed by atoms with Crippen LogP contribution in [0.4, 0.5) is 4.79 Å². The van der Waals surface area contributed by atoms with Gasteiger partial charge in [0, 0.05) is 5.69 Å². The Morgan fingerprint density at radius 1 is 1.07 bits per heavy atom. The monoisotopic (exact) mass is 399 g/mol. The Bertz CT molecular complexity index is 1170. The van der Waals surface area contributed by atoms with Gasteiger partial charge in [0.2, 0.25) is 0 Å². The molecular formula is C23H21N5O2. The molecule has 2 aromatic carbocycles. The van der Waals surface area contributed by atoms with E-state index in [-0.39, 0.29) is 12.5 Å². The second-order valence-electron chi connectivity index (χ2n) is 7.64. The van der Waals surface area contributed by atoms with E-state index in [1.165, 1.54) is 4.90 Å². The van der Waals surface area contributed by atoms with E-state index in [0.29, 0.717) is 11.1 Å². The summed E-state index contributed by atoms with van der Waals surface area (Å²) >= 11 is 0. The molecule has 1 aliphatic rings. The van der Waals surface area contributed by atoms with Gasteiger partial charge < -0.3 is 5.32 Å². The van der Waals surface area contributed by atoms with Crippen LogP contribution >= 0.6 is 0 Å². The van der Waals surface area contributed by atoms with E-state index in [1.807, 2.05) is 48.9 Å². The van der Waals surface area contributed by atoms with Crippen LogP contribution < -0.4 is 5.32 Å². The zero-order valence-electron chi connectivity index (χ0n) is 17.0. The highest BCUT2D eigenvalue weighted by Gasteiger charge is 2.48. The van der Waals surface area contributed by atoms with Crippen molar-refractivity contribution in [3.8, 4) is 11.8 Å². The number of amides is 3. The van der Waals surface area contributed by atoms with Gasteiger partial charge in [-0.05, 0) is 62.2 Å². The highest BCUT2D eigenvalue weighted by atomic mass is 16.2. The topological polar surface area (TPSA) is 91.0 Å². The molecule has 150 valence electrons. The molecule has 0 saturated carbocycles. The fourth-order valence-corrected chi connectivity index (χ4v) is 3.73. The Hall–Kier alpha value is -3.92. The highest BCUT2D eigenvalue weighted by Crippen LogP contribution is 2.30. The summed E-state index contributed by atoms with van der Waals surface area (Å²) in [6, 6.07) is 17.9. The number of carbonyl (C=O) groups is 2. The van der Waals surface area contributed by atoms with Crippen LogP contribution in [0.25, 0.3) is 5.69 Å². The van der Waals surface area contributed by atoms with Crippen LogP contribution in [0.1, 0.15) is 35.0 Å². The molecule has 30 heavy (non-hydrogen) atoms. The minimum atomic E-state index is -1.16. The van der Waals surface area contributed by atoms with Gasteiger partial charge in [0.05, 0.1) is 29.6 Å². The first-order valence-corrected chi connectivity index (χ1v) is 9.59. The Balaban J connectivity index is 1.55. The summed E-state index contributed by atoms with van der Waals surface area (Å²) in [7, 11) is 0. The molecule has 3 aromatic rings. The van der Waals surface area contributed by atoms with Crippen LogP contribution in [0, 0.1) is 25.2 Å². The summed E-state index contributed by atoms with van der Waals surface area (Å²) in [5, 5.41) is 16.2. The predicted molar refractivity (Wildman–Crippen MR) is 111 cm³/mol. The number of aromatic nitrogens is 2. The fraction of sp³-hybridized carbons (Fsp3) is 0.217. The minimum Gasteiger partial charge on any atom is -0.319 e. The van der Waals surface area contributed by atoms with E-state index in [1.54, 1.807) is 31.2 Å². The molecule has 7 nitrogen and oxygen atoms in total. The van der Waals surface area contributed by atoms with Crippen molar-refractivity contribution in [1.82, 2.24) is 20.0 Å². The van der Waals surface area contributed by atoms with Crippen LogP contribution in [-0.4, -0.2) is 26.6 Å². The van der Waals surface area contributed by atoms with Gasteiger partial charge in [0.15, 0.2) is 0 Å². The van der Waals surface area contributed by atoms with Gasteiger partial charge in [-0.15, -0.1) is 0 Å². The summed E-state index contributed by atoms with van der Waals surface area (Å²) in [6.07, 6.45) is 0. The largest absolute Gasteiger partial charge is 0.325 e. The van der Waals surface area contributed by atoms with Crippen LogP contribution in [0.5, 0.6) is 0 Å².